The molecule has 0 atom stereocenters. The minimum absolute atomic E-state index is 0.0881. The van der Waals surface area contributed by atoms with Crippen LogP contribution in [0, 0.1) is 0 Å². The fourth-order valence-corrected chi connectivity index (χ4v) is 3.67. The van der Waals surface area contributed by atoms with Crippen molar-refractivity contribution in [1.29, 1.82) is 0 Å². The van der Waals surface area contributed by atoms with E-state index in [0.29, 0.717) is 28.6 Å². The summed E-state index contributed by atoms with van der Waals surface area (Å²) in [6.07, 6.45) is 1.55. The number of hydrogen-bond acceptors (Lipinski definition) is 8. The summed E-state index contributed by atoms with van der Waals surface area (Å²) in [5.74, 6) is 1.92. The van der Waals surface area contributed by atoms with Gasteiger partial charge in [0.2, 0.25) is 16.9 Å². The second-order valence-electron chi connectivity index (χ2n) is 7.03. The lowest BCUT2D eigenvalue weighted by Crippen LogP contribution is -2.27. The van der Waals surface area contributed by atoms with Crippen LogP contribution in [0.2, 0.25) is 0 Å². The summed E-state index contributed by atoms with van der Waals surface area (Å²) in [4.78, 5) is 31.1. The maximum absolute atomic E-state index is 13.4. The first-order valence-electron chi connectivity index (χ1n) is 9.94. The largest absolute Gasteiger partial charge is 0.497 e. The Balaban J connectivity index is 2.11. The third-order valence-corrected chi connectivity index (χ3v) is 5.24. The minimum Gasteiger partial charge on any atom is -0.497 e. The first kappa shape index (κ1) is 21.9. The Morgan fingerprint density at radius 3 is 2.27 bits per heavy atom. The fraction of sp³-hybridized carbons (Fsp3) is 0.208. The molecule has 0 bridgehead atoms. The molecule has 0 spiro atoms. The first-order chi connectivity index (χ1) is 16.0. The van der Waals surface area contributed by atoms with Gasteiger partial charge in [0, 0.05) is 18.2 Å². The standard InChI is InChI=1S/C24H22N2O7/c1-6-9-26-22(13-10-17(30-3)21(32-5)18(11-13)31-4)25-23-19(24(26)28)20(27)15-8-7-14(29-2)12-16(15)33-23/h6-8,10-12H,1,9H2,2-5H3. The third kappa shape index (κ3) is 3.57. The van der Waals surface area contributed by atoms with Gasteiger partial charge < -0.3 is 23.4 Å². The summed E-state index contributed by atoms with van der Waals surface area (Å²) in [5.41, 5.74) is -0.347. The smallest absolute Gasteiger partial charge is 0.269 e. The molecular formula is C24H22N2O7. The molecule has 2 heterocycles. The van der Waals surface area contributed by atoms with Gasteiger partial charge in [-0.2, -0.15) is 4.98 Å². The van der Waals surface area contributed by atoms with Gasteiger partial charge in [-0.3, -0.25) is 14.2 Å². The van der Waals surface area contributed by atoms with E-state index >= 15 is 0 Å². The zero-order chi connectivity index (χ0) is 23.7. The van der Waals surface area contributed by atoms with Crippen molar-refractivity contribution in [3.05, 3.63) is 63.6 Å². The van der Waals surface area contributed by atoms with Crippen LogP contribution in [0.15, 0.2) is 57.0 Å². The Hall–Kier alpha value is -4.27. The number of ether oxygens (including phenoxy) is 4. The van der Waals surface area contributed by atoms with E-state index in [1.165, 1.54) is 33.0 Å². The molecule has 0 aliphatic rings. The molecule has 2 aromatic heterocycles. The van der Waals surface area contributed by atoms with Gasteiger partial charge >= 0.3 is 0 Å². The van der Waals surface area contributed by atoms with Gasteiger partial charge in [0.25, 0.3) is 5.56 Å². The predicted molar refractivity (Wildman–Crippen MR) is 124 cm³/mol. The van der Waals surface area contributed by atoms with E-state index in [-0.39, 0.29) is 34.4 Å². The SMILES string of the molecule is C=CCn1c(-c2cc(OC)c(OC)c(OC)c2)nc2oc3cc(OC)ccc3c(=O)c2c1=O. The highest BCUT2D eigenvalue weighted by Gasteiger charge is 2.21. The second kappa shape index (κ2) is 8.70. The molecule has 0 saturated heterocycles. The highest BCUT2D eigenvalue weighted by molar-refractivity contribution is 5.89. The summed E-state index contributed by atoms with van der Waals surface area (Å²) in [6.45, 7) is 3.84. The van der Waals surface area contributed by atoms with Crippen LogP contribution in [-0.4, -0.2) is 38.0 Å². The Morgan fingerprint density at radius 1 is 1.00 bits per heavy atom. The number of nitrogens with zero attached hydrogens (tertiary/aromatic N) is 2. The summed E-state index contributed by atoms with van der Waals surface area (Å²) >= 11 is 0. The first-order valence-corrected chi connectivity index (χ1v) is 9.94. The average molecular weight is 450 g/mol. The Morgan fingerprint density at radius 2 is 1.70 bits per heavy atom. The van der Waals surface area contributed by atoms with Crippen molar-refractivity contribution in [3.63, 3.8) is 0 Å². The van der Waals surface area contributed by atoms with Crippen molar-refractivity contribution in [3.8, 4) is 34.4 Å². The number of aromatic nitrogens is 2. The van der Waals surface area contributed by atoms with Gasteiger partial charge in [-0.05, 0) is 24.3 Å². The monoisotopic (exact) mass is 450 g/mol. The van der Waals surface area contributed by atoms with Crippen LogP contribution in [0.25, 0.3) is 33.5 Å². The molecule has 33 heavy (non-hydrogen) atoms. The number of benzene rings is 2. The molecule has 0 fully saturated rings. The van der Waals surface area contributed by atoms with E-state index in [1.807, 2.05) is 0 Å². The number of fused-ring (bicyclic) bond motifs is 2. The zero-order valence-corrected chi connectivity index (χ0v) is 18.6. The van der Waals surface area contributed by atoms with Crippen LogP contribution >= 0.6 is 0 Å². The zero-order valence-electron chi connectivity index (χ0n) is 18.6. The van der Waals surface area contributed by atoms with E-state index in [1.54, 1.807) is 36.4 Å². The van der Waals surface area contributed by atoms with E-state index in [2.05, 4.69) is 11.6 Å². The van der Waals surface area contributed by atoms with E-state index in [0.717, 1.165) is 0 Å². The van der Waals surface area contributed by atoms with Crippen molar-refractivity contribution in [2.75, 3.05) is 28.4 Å². The topological polar surface area (TPSA) is 102 Å². The van der Waals surface area contributed by atoms with E-state index in [9.17, 15) is 9.59 Å². The quantitative estimate of drug-likeness (QED) is 0.312. The van der Waals surface area contributed by atoms with Crippen molar-refractivity contribution >= 4 is 22.1 Å². The van der Waals surface area contributed by atoms with Crippen LogP contribution in [0.1, 0.15) is 0 Å². The Bertz CT molecular complexity index is 1480. The van der Waals surface area contributed by atoms with Crippen molar-refractivity contribution in [2.24, 2.45) is 0 Å². The van der Waals surface area contributed by atoms with Gasteiger partial charge in [-0.1, -0.05) is 6.08 Å². The molecule has 0 radical (unpaired) electrons. The molecular weight excluding hydrogens is 428 g/mol. The molecule has 0 unspecified atom stereocenters. The summed E-state index contributed by atoms with van der Waals surface area (Å²) in [7, 11) is 5.99. The normalized spacial score (nSPS) is 10.9. The van der Waals surface area contributed by atoms with Crippen LogP contribution in [0.3, 0.4) is 0 Å². The van der Waals surface area contributed by atoms with Crippen LogP contribution in [-0.2, 0) is 6.54 Å². The Labute approximate surface area is 188 Å². The summed E-state index contributed by atoms with van der Waals surface area (Å²) < 4.78 is 28.7. The van der Waals surface area contributed by atoms with E-state index < -0.39 is 11.0 Å². The molecule has 0 aliphatic carbocycles. The van der Waals surface area contributed by atoms with E-state index in [4.69, 9.17) is 23.4 Å². The lowest BCUT2D eigenvalue weighted by atomic mass is 10.1. The molecule has 0 N–H and O–H groups in total. The number of hydrogen-bond donors (Lipinski definition) is 0. The molecule has 4 rings (SSSR count). The summed E-state index contributed by atoms with van der Waals surface area (Å²) in [5, 5.41) is 0.110. The average Bonchev–Trinajstić information content (AvgIpc) is 2.84. The van der Waals surface area contributed by atoms with Gasteiger partial charge in [0.1, 0.15) is 17.2 Å². The molecule has 4 aromatic rings. The number of methoxy groups -OCH3 is 4. The van der Waals surface area contributed by atoms with Gasteiger partial charge in [0.05, 0.1) is 33.8 Å². The lowest BCUT2D eigenvalue weighted by molar-refractivity contribution is 0.324. The maximum atomic E-state index is 13.4. The molecule has 0 aliphatic heterocycles. The molecule has 9 heteroatoms. The highest BCUT2D eigenvalue weighted by atomic mass is 16.5. The van der Waals surface area contributed by atoms with Crippen molar-refractivity contribution < 1.29 is 23.4 Å². The minimum atomic E-state index is -0.546. The molecule has 0 saturated carbocycles. The summed E-state index contributed by atoms with van der Waals surface area (Å²) in [6, 6.07) is 8.09. The van der Waals surface area contributed by atoms with Crippen LogP contribution in [0.4, 0.5) is 0 Å². The third-order valence-electron chi connectivity index (χ3n) is 5.24. The highest BCUT2D eigenvalue weighted by Crippen LogP contribution is 2.40. The van der Waals surface area contributed by atoms with Gasteiger partial charge in [-0.15, -0.1) is 6.58 Å². The van der Waals surface area contributed by atoms with Gasteiger partial charge in [-0.25, -0.2) is 0 Å². The maximum Gasteiger partial charge on any atom is 0.269 e. The number of rotatable bonds is 7. The lowest BCUT2D eigenvalue weighted by Gasteiger charge is -2.16. The van der Waals surface area contributed by atoms with Crippen LogP contribution < -0.4 is 29.9 Å². The second-order valence-corrected chi connectivity index (χ2v) is 7.03. The molecule has 0 amide bonds. The van der Waals surface area contributed by atoms with Crippen LogP contribution in [0.5, 0.6) is 23.0 Å². The fourth-order valence-electron chi connectivity index (χ4n) is 3.67. The van der Waals surface area contributed by atoms with Gasteiger partial charge in [0.15, 0.2) is 16.9 Å². The Kier molecular flexibility index (Phi) is 5.78. The van der Waals surface area contributed by atoms with Crippen molar-refractivity contribution in [1.82, 2.24) is 9.55 Å². The molecule has 9 nitrogen and oxygen atoms in total. The molecule has 170 valence electrons. The molecule has 2 aromatic carbocycles. The number of allylic oxidation sites excluding steroid dienone is 1. The predicted octanol–water partition coefficient (Wildman–Crippen LogP) is 3.39. The van der Waals surface area contributed by atoms with Crippen molar-refractivity contribution in [2.45, 2.75) is 6.54 Å².